The molecule has 3 aromatic heterocycles. The number of hydrogen-bond donors (Lipinski definition) is 4. The van der Waals surface area contributed by atoms with E-state index in [0.717, 1.165) is 15.6 Å². The van der Waals surface area contributed by atoms with E-state index in [1.54, 1.807) is 42.9 Å². The van der Waals surface area contributed by atoms with Crippen molar-refractivity contribution in [3.8, 4) is 21.3 Å². The van der Waals surface area contributed by atoms with E-state index in [1.165, 1.54) is 11.3 Å². The molecule has 0 aliphatic carbocycles. The number of hydrogen-bond acceptors (Lipinski definition) is 6. The first kappa shape index (κ1) is 20.5. The summed E-state index contributed by atoms with van der Waals surface area (Å²) >= 11 is 1.46. The van der Waals surface area contributed by atoms with Crippen LogP contribution in [0.5, 0.6) is 0 Å². The van der Waals surface area contributed by atoms with Crippen LogP contribution >= 0.6 is 36.2 Å². The van der Waals surface area contributed by atoms with E-state index in [1.807, 2.05) is 0 Å². The Kier molecular flexibility index (Phi) is 6.98. The SMILES string of the molecule is Cl.Cl.N=C(N)c1ccc(-c2cnc(-c3ccc(C(=N)N)cn3)s2)nc1. The van der Waals surface area contributed by atoms with E-state index in [-0.39, 0.29) is 36.5 Å². The van der Waals surface area contributed by atoms with Crippen LogP contribution in [-0.4, -0.2) is 26.6 Å². The summed E-state index contributed by atoms with van der Waals surface area (Å²) in [5.41, 5.74) is 13.5. The largest absolute Gasteiger partial charge is 0.384 e. The minimum Gasteiger partial charge on any atom is -0.384 e. The summed E-state index contributed by atoms with van der Waals surface area (Å²) in [7, 11) is 0. The Hall–Kier alpha value is -2.55. The lowest BCUT2D eigenvalue weighted by Gasteiger charge is -2.00. The number of amidine groups is 2. The molecule has 10 heteroatoms. The zero-order valence-corrected chi connectivity index (χ0v) is 15.2. The van der Waals surface area contributed by atoms with Gasteiger partial charge in [-0.3, -0.25) is 20.8 Å². The summed E-state index contributed by atoms with van der Waals surface area (Å²) in [6.45, 7) is 0. The van der Waals surface area contributed by atoms with Crippen LogP contribution in [0.1, 0.15) is 11.1 Å². The van der Waals surface area contributed by atoms with Crippen LogP contribution in [0.15, 0.2) is 42.9 Å². The summed E-state index contributed by atoms with van der Waals surface area (Å²) < 4.78 is 0. The van der Waals surface area contributed by atoms with Crippen molar-refractivity contribution in [2.75, 3.05) is 0 Å². The maximum Gasteiger partial charge on any atom is 0.142 e. The molecule has 0 fully saturated rings. The van der Waals surface area contributed by atoms with Crippen LogP contribution in [0.3, 0.4) is 0 Å². The van der Waals surface area contributed by atoms with Gasteiger partial charge in [-0.25, -0.2) is 4.98 Å². The highest BCUT2D eigenvalue weighted by molar-refractivity contribution is 7.18. The maximum absolute atomic E-state index is 7.37. The smallest absolute Gasteiger partial charge is 0.142 e. The van der Waals surface area contributed by atoms with Crippen molar-refractivity contribution in [1.82, 2.24) is 15.0 Å². The number of thiazole rings is 1. The Bertz CT molecular complexity index is 804. The Morgan fingerprint density at radius 2 is 1.28 bits per heavy atom. The number of rotatable bonds is 4. The number of halogens is 2. The van der Waals surface area contributed by atoms with Crippen molar-refractivity contribution in [1.29, 1.82) is 10.8 Å². The summed E-state index contributed by atoms with van der Waals surface area (Å²) in [5.74, 6) is -0.0255. The summed E-state index contributed by atoms with van der Waals surface area (Å²) in [4.78, 5) is 13.8. The van der Waals surface area contributed by atoms with Gasteiger partial charge in [0.1, 0.15) is 16.7 Å². The number of nitrogen functional groups attached to an aromatic ring is 2. The first-order chi connectivity index (χ1) is 11.0. The Labute approximate surface area is 160 Å². The molecule has 0 saturated heterocycles. The first-order valence-corrected chi connectivity index (χ1v) is 7.43. The number of nitrogens with two attached hydrogens (primary N) is 2. The average Bonchev–Trinajstić information content (AvgIpc) is 3.05. The molecule has 0 aliphatic heterocycles. The fourth-order valence-corrected chi connectivity index (χ4v) is 2.76. The van der Waals surface area contributed by atoms with Gasteiger partial charge < -0.3 is 11.5 Å². The van der Waals surface area contributed by atoms with Crippen molar-refractivity contribution in [3.63, 3.8) is 0 Å². The molecule has 0 atom stereocenters. The highest BCUT2D eigenvalue weighted by Crippen LogP contribution is 2.30. The van der Waals surface area contributed by atoms with Crippen LogP contribution in [0, 0.1) is 10.8 Å². The zero-order valence-electron chi connectivity index (χ0n) is 12.8. The van der Waals surface area contributed by atoms with E-state index in [2.05, 4.69) is 15.0 Å². The van der Waals surface area contributed by atoms with E-state index in [9.17, 15) is 0 Å². The molecule has 0 amide bonds. The van der Waals surface area contributed by atoms with Crippen LogP contribution in [0.25, 0.3) is 21.3 Å². The highest BCUT2D eigenvalue weighted by Gasteiger charge is 2.09. The summed E-state index contributed by atoms with van der Waals surface area (Å²) in [6, 6.07) is 7.08. The third-order valence-corrected chi connectivity index (χ3v) is 4.17. The monoisotopic (exact) mass is 395 g/mol. The predicted molar refractivity (Wildman–Crippen MR) is 105 cm³/mol. The quantitative estimate of drug-likeness (QED) is 0.397. The van der Waals surface area contributed by atoms with Crippen molar-refractivity contribution in [3.05, 3.63) is 54.0 Å². The molecule has 6 N–H and O–H groups in total. The summed E-state index contributed by atoms with van der Waals surface area (Å²) in [5, 5.41) is 15.5. The number of aromatic nitrogens is 3. The van der Waals surface area contributed by atoms with Gasteiger partial charge in [-0.2, -0.15) is 0 Å². The minimum absolute atomic E-state index is 0. The zero-order chi connectivity index (χ0) is 16.4. The summed E-state index contributed by atoms with van der Waals surface area (Å²) in [6.07, 6.45) is 4.85. The lowest BCUT2D eigenvalue weighted by Crippen LogP contribution is -2.11. The average molecular weight is 396 g/mol. The molecule has 130 valence electrons. The number of pyridine rings is 2. The Balaban J connectivity index is 0.00000156. The minimum atomic E-state index is -0.0151. The number of nitrogens with zero attached hydrogens (tertiary/aromatic N) is 3. The van der Waals surface area contributed by atoms with E-state index < -0.39 is 0 Å². The van der Waals surface area contributed by atoms with Gasteiger partial charge in [0.25, 0.3) is 0 Å². The van der Waals surface area contributed by atoms with Crippen LogP contribution in [0.4, 0.5) is 0 Å². The van der Waals surface area contributed by atoms with Crippen molar-refractivity contribution in [2.45, 2.75) is 0 Å². The lowest BCUT2D eigenvalue weighted by molar-refractivity contribution is 1.27. The second kappa shape index (κ2) is 8.52. The Morgan fingerprint density at radius 1 is 0.760 bits per heavy atom. The van der Waals surface area contributed by atoms with Crippen molar-refractivity contribution >= 4 is 47.8 Å². The molecule has 0 unspecified atom stereocenters. The standard InChI is InChI=1S/C15H13N7S.2ClH/c16-13(17)8-1-3-10(20-5-8)12-7-22-15(23-12)11-4-2-9(6-21-11)14(18)19;;/h1-7H,(H3,16,17)(H3,18,19);2*1H. The molecular weight excluding hydrogens is 381 g/mol. The molecule has 3 aromatic rings. The second-order valence-corrected chi connectivity index (χ2v) is 5.75. The van der Waals surface area contributed by atoms with Gasteiger partial charge in [-0.15, -0.1) is 36.2 Å². The normalized spacial score (nSPS) is 9.60. The van der Waals surface area contributed by atoms with Crippen LogP contribution in [-0.2, 0) is 0 Å². The molecule has 7 nitrogen and oxygen atoms in total. The molecule has 0 radical (unpaired) electrons. The predicted octanol–water partition coefficient (Wildman–Crippen LogP) is 2.68. The third-order valence-electron chi connectivity index (χ3n) is 3.13. The van der Waals surface area contributed by atoms with Gasteiger partial charge in [-0.1, -0.05) is 0 Å². The fraction of sp³-hybridized carbons (Fsp3) is 0. The van der Waals surface area contributed by atoms with E-state index >= 15 is 0 Å². The first-order valence-electron chi connectivity index (χ1n) is 6.62. The molecule has 0 spiro atoms. The van der Waals surface area contributed by atoms with Crippen LogP contribution in [0.2, 0.25) is 0 Å². The molecular formula is C15H15Cl2N7S. The van der Waals surface area contributed by atoms with Gasteiger partial charge in [0, 0.05) is 29.7 Å². The van der Waals surface area contributed by atoms with E-state index in [0.29, 0.717) is 16.8 Å². The fourth-order valence-electron chi connectivity index (χ4n) is 1.89. The highest BCUT2D eigenvalue weighted by atomic mass is 35.5. The van der Waals surface area contributed by atoms with Gasteiger partial charge in [0.05, 0.1) is 16.3 Å². The number of nitrogens with one attached hydrogen (secondary N) is 2. The van der Waals surface area contributed by atoms with E-state index in [4.69, 9.17) is 22.3 Å². The van der Waals surface area contributed by atoms with Gasteiger partial charge in [-0.05, 0) is 24.3 Å². The van der Waals surface area contributed by atoms with Gasteiger partial charge >= 0.3 is 0 Å². The van der Waals surface area contributed by atoms with Crippen molar-refractivity contribution in [2.24, 2.45) is 11.5 Å². The molecule has 0 saturated carbocycles. The maximum atomic E-state index is 7.37. The molecule has 3 rings (SSSR count). The molecule has 25 heavy (non-hydrogen) atoms. The van der Waals surface area contributed by atoms with Gasteiger partial charge in [0.15, 0.2) is 0 Å². The lowest BCUT2D eigenvalue weighted by atomic mass is 10.2. The molecule has 0 aliphatic rings. The van der Waals surface area contributed by atoms with Gasteiger partial charge in [0.2, 0.25) is 0 Å². The molecule has 3 heterocycles. The second-order valence-electron chi connectivity index (χ2n) is 4.72. The van der Waals surface area contributed by atoms with Crippen LogP contribution < -0.4 is 11.5 Å². The molecule has 0 bridgehead atoms. The Morgan fingerprint density at radius 3 is 1.72 bits per heavy atom. The van der Waals surface area contributed by atoms with Crippen molar-refractivity contribution < 1.29 is 0 Å². The third kappa shape index (κ3) is 4.50. The topological polar surface area (TPSA) is 138 Å². The molecule has 0 aromatic carbocycles.